The first-order valence-electron chi connectivity index (χ1n) is 14.0. The summed E-state index contributed by atoms with van der Waals surface area (Å²) in [4.78, 5) is 46.4. The number of aromatic nitrogens is 3. The van der Waals surface area contributed by atoms with Gasteiger partial charge in [-0.15, -0.1) is 0 Å². The second kappa shape index (κ2) is 10.9. The molecule has 0 unspecified atom stereocenters. The summed E-state index contributed by atoms with van der Waals surface area (Å²) in [6.45, 7) is 1.42. The highest BCUT2D eigenvalue weighted by atomic mass is 16.4. The van der Waals surface area contributed by atoms with E-state index in [0.29, 0.717) is 49.9 Å². The molecule has 212 valence electrons. The maximum Gasteiger partial charge on any atom is 0.407 e. The van der Waals surface area contributed by atoms with E-state index in [2.05, 4.69) is 4.98 Å². The molecule has 2 atom stereocenters. The normalized spacial score (nSPS) is 20.7. The van der Waals surface area contributed by atoms with Crippen LogP contribution in [0.1, 0.15) is 30.7 Å². The molecule has 4 heterocycles. The van der Waals surface area contributed by atoms with Crippen molar-refractivity contribution in [2.45, 2.75) is 37.3 Å². The van der Waals surface area contributed by atoms with Crippen molar-refractivity contribution < 1.29 is 19.8 Å². The first-order chi connectivity index (χ1) is 19.8. The van der Waals surface area contributed by atoms with Crippen molar-refractivity contribution in [2.24, 2.45) is 5.92 Å². The zero-order valence-electron chi connectivity index (χ0n) is 22.7. The van der Waals surface area contributed by atoms with Gasteiger partial charge in [-0.2, -0.15) is 0 Å². The molecule has 0 bridgehead atoms. The number of likely N-dealkylation sites (tertiary alicyclic amines) is 2. The van der Waals surface area contributed by atoms with Crippen LogP contribution in [0.15, 0.2) is 84.0 Å². The highest BCUT2D eigenvalue weighted by Crippen LogP contribution is 2.35. The number of para-hydroxylation sites is 1. The topological polar surface area (TPSA) is 121 Å². The molecule has 0 aliphatic carbocycles. The molecule has 41 heavy (non-hydrogen) atoms. The molecule has 2 N–H and O–H groups in total. The van der Waals surface area contributed by atoms with E-state index in [1.54, 1.807) is 11.0 Å². The third kappa shape index (κ3) is 5.22. The van der Waals surface area contributed by atoms with Crippen molar-refractivity contribution >= 4 is 23.0 Å². The minimum absolute atomic E-state index is 0.00607. The molecule has 10 nitrogen and oxygen atoms in total. The number of aliphatic hydroxyl groups is 1. The Hall–Kier alpha value is -4.44. The van der Waals surface area contributed by atoms with Crippen molar-refractivity contribution in [2.75, 3.05) is 26.2 Å². The van der Waals surface area contributed by atoms with E-state index >= 15 is 0 Å². The lowest BCUT2D eigenvalue weighted by Crippen LogP contribution is -2.53. The summed E-state index contributed by atoms with van der Waals surface area (Å²) in [5.74, 6) is -0.565. The fourth-order valence-corrected chi connectivity index (χ4v) is 6.28. The highest BCUT2D eigenvalue weighted by Gasteiger charge is 2.41. The van der Waals surface area contributed by atoms with Crippen molar-refractivity contribution in [3.8, 4) is 5.69 Å². The average molecular weight is 556 g/mol. The van der Waals surface area contributed by atoms with Crippen LogP contribution in [0.4, 0.5) is 4.79 Å². The fraction of sp³-hybridized carbons (Fsp3) is 0.355. The summed E-state index contributed by atoms with van der Waals surface area (Å²) in [5.41, 5.74) is 1.06. The van der Waals surface area contributed by atoms with Crippen molar-refractivity contribution in [1.29, 1.82) is 0 Å². The Bertz CT molecular complexity index is 1610. The van der Waals surface area contributed by atoms with Gasteiger partial charge in [0, 0.05) is 49.9 Å². The van der Waals surface area contributed by atoms with Crippen molar-refractivity contribution in [3.05, 3.63) is 95.2 Å². The summed E-state index contributed by atoms with van der Waals surface area (Å²) >= 11 is 0. The van der Waals surface area contributed by atoms with Crippen LogP contribution in [0.25, 0.3) is 16.7 Å². The van der Waals surface area contributed by atoms with E-state index in [4.69, 9.17) is 0 Å². The average Bonchev–Trinajstić information content (AvgIpc) is 3.44. The number of hydrogen-bond donors (Lipinski definition) is 2. The smallest absolute Gasteiger partial charge is 0.407 e. The van der Waals surface area contributed by atoms with Crippen LogP contribution in [-0.4, -0.2) is 77.9 Å². The number of nitrogens with zero attached hydrogens (tertiary/aromatic N) is 5. The van der Waals surface area contributed by atoms with Gasteiger partial charge in [0.1, 0.15) is 6.33 Å². The maximum atomic E-state index is 13.7. The van der Waals surface area contributed by atoms with Gasteiger partial charge in [-0.25, -0.2) is 9.78 Å². The molecule has 6 rings (SSSR count). The van der Waals surface area contributed by atoms with Gasteiger partial charge in [0.05, 0.1) is 17.5 Å². The monoisotopic (exact) mass is 555 g/mol. The molecule has 2 aliphatic heterocycles. The van der Waals surface area contributed by atoms with Crippen LogP contribution >= 0.6 is 0 Å². The zero-order chi connectivity index (χ0) is 28.6. The van der Waals surface area contributed by atoms with Crippen LogP contribution < -0.4 is 5.56 Å². The number of benzene rings is 2. The Morgan fingerprint density at radius 3 is 2.29 bits per heavy atom. The lowest BCUT2D eigenvalue weighted by atomic mass is 9.79. The number of carbonyl (C=O) groups excluding carboxylic acids is 1. The van der Waals surface area contributed by atoms with Crippen molar-refractivity contribution in [3.63, 3.8) is 0 Å². The Kier molecular flexibility index (Phi) is 7.08. The van der Waals surface area contributed by atoms with Gasteiger partial charge >= 0.3 is 6.09 Å². The molecule has 0 spiro atoms. The molecule has 0 saturated carbocycles. The fourth-order valence-electron chi connectivity index (χ4n) is 6.28. The van der Waals surface area contributed by atoms with E-state index in [0.717, 1.165) is 11.3 Å². The van der Waals surface area contributed by atoms with E-state index in [-0.39, 0.29) is 36.4 Å². The van der Waals surface area contributed by atoms with Gasteiger partial charge in [0.15, 0.2) is 5.65 Å². The van der Waals surface area contributed by atoms with Crippen molar-refractivity contribution in [1.82, 2.24) is 23.9 Å². The third-order valence-corrected chi connectivity index (χ3v) is 8.60. The molecule has 2 saturated heterocycles. The van der Waals surface area contributed by atoms with Crippen LogP contribution in [0, 0.1) is 5.92 Å². The SMILES string of the molecule is O=C(O)N1CC[C@@H](C(=O)N2CCC(O)(Cn3cnc4c(ccn4-c4ccccc4)c3=O)CC2)[C@H](c2ccccc2)C1. The van der Waals surface area contributed by atoms with Gasteiger partial charge in [0.2, 0.25) is 5.91 Å². The molecular formula is C31H33N5O5. The van der Waals surface area contributed by atoms with Gasteiger partial charge < -0.3 is 24.6 Å². The summed E-state index contributed by atoms with van der Waals surface area (Å²) < 4.78 is 3.33. The minimum atomic E-state index is -1.15. The Morgan fingerprint density at radius 2 is 1.61 bits per heavy atom. The maximum absolute atomic E-state index is 13.7. The van der Waals surface area contributed by atoms with Crippen LogP contribution in [-0.2, 0) is 11.3 Å². The highest BCUT2D eigenvalue weighted by molar-refractivity contribution is 5.81. The molecule has 2 fully saturated rings. The van der Waals surface area contributed by atoms with E-state index in [1.807, 2.05) is 71.4 Å². The number of carbonyl (C=O) groups is 2. The molecule has 4 aromatic rings. The molecule has 2 amide bonds. The van der Waals surface area contributed by atoms with Crippen LogP contribution in [0.5, 0.6) is 0 Å². The number of hydrogen-bond acceptors (Lipinski definition) is 5. The Morgan fingerprint density at radius 1 is 0.927 bits per heavy atom. The molecule has 2 aromatic carbocycles. The second-order valence-electron chi connectivity index (χ2n) is 11.1. The quantitative estimate of drug-likeness (QED) is 0.390. The first kappa shape index (κ1) is 26.8. The summed E-state index contributed by atoms with van der Waals surface area (Å²) in [6, 6.07) is 21.0. The molecule has 2 aliphatic rings. The standard InChI is InChI=1S/C31H33N5O5/c37-28(24-11-15-34(30(39)40)19-26(24)22-7-3-1-4-8-22)33-17-13-31(41,14-18-33)20-35-21-32-27-25(29(35)38)12-16-36(27)23-9-5-2-6-10-23/h1-10,12,16,21,24,26,41H,11,13-15,17-20H2,(H,39,40)/t24-,26+/m1/s1. The molecular weight excluding hydrogens is 522 g/mol. The lowest BCUT2D eigenvalue weighted by molar-refractivity contribution is -0.142. The van der Waals surface area contributed by atoms with Gasteiger partial charge in [0.25, 0.3) is 5.56 Å². The summed E-state index contributed by atoms with van der Waals surface area (Å²) in [6.07, 6.45) is 3.45. The number of carboxylic acid groups (broad SMARTS) is 1. The predicted octanol–water partition coefficient (Wildman–Crippen LogP) is 3.32. The zero-order valence-corrected chi connectivity index (χ0v) is 22.7. The Labute approximate surface area is 237 Å². The number of piperidine rings is 2. The van der Waals surface area contributed by atoms with Crippen LogP contribution in [0.2, 0.25) is 0 Å². The largest absolute Gasteiger partial charge is 0.465 e. The molecule has 10 heteroatoms. The van der Waals surface area contributed by atoms with E-state index in [9.17, 15) is 24.6 Å². The van der Waals surface area contributed by atoms with Gasteiger partial charge in [-0.1, -0.05) is 48.5 Å². The Balaban J connectivity index is 1.15. The number of amides is 2. The summed E-state index contributed by atoms with van der Waals surface area (Å²) in [7, 11) is 0. The second-order valence-corrected chi connectivity index (χ2v) is 11.1. The van der Waals surface area contributed by atoms with E-state index in [1.165, 1.54) is 15.8 Å². The van der Waals surface area contributed by atoms with Crippen LogP contribution in [0.3, 0.4) is 0 Å². The number of rotatable bonds is 5. The van der Waals surface area contributed by atoms with Gasteiger partial charge in [-0.3, -0.25) is 14.2 Å². The molecule has 0 radical (unpaired) electrons. The number of fused-ring (bicyclic) bond motifs is 1. The van der Waals surface area contributed by atoms with E-state index < -0.39 is 11.7 Å². The summed E-state index contributed by atoms with van der Waals surface area (Å²) in [5, 5.41) is 21.5. The first-order valence-corrected chi connectivity index (χ1v) is 14.0. The lowest BCUT2D eigenvalue weighted by Gasteiger charge is -2.42. The molecule has 2 aromatic heterocycles. The third-order valence-electron chi connectivity index (χ3n) is 8.60. The predicted molar refractivity (Wildman–Crippen MR) is 153 cm³/mol. The van der Waals surface area contributed by atoms with Gasteiger partial charge in [-0.05, 0) is 43.0 Å². The minimum Gasteiger partial charge on any atom is -0.465 e.